The fourth-order valence-electron chi connectivity index (χ4n) is 2.52. The lowest BCUT2D eigenvalue weighted by molar-refractivity contribution is 0.571. The summed E-state index contributed by atoms with van der Waals surface area (Å²) in [6.07, 6.45) is 4.83. The maximum absolute atomic E-state index is 5.86. The monoisotopic (exact) mass is 248 g/mol. The molecular formula is C17H16N2. The van der Waals surface area contributed by atoms with Gasteiger partial charge in [0.15, 0.2) is 0 Å². The lowest BCUT2D eigenvalue weighted by atomic mass is 9.85. The van der Waals surface area contributed by atoms with E-state index in [4.69, 9.17) is 5.73 Å². The molecule has 2 heteroatoms. The molecule has 2 nitrogen and oxygen atoms in total. The smallest absolute Gasteiger partial charge is 0.119 e. The highest BCUT2D eigenvalue weighted by atomic mass is 15.0. The highest BCUT2D eigenvalue weighted by molar-refractivity contribution is 5.94. The van der Waals surface area contributed by atoms with Gasteiger partial charge in [0.25, 0.3) is 0 Å². The Labute approximate surface area is 113 Å². The van der Waals surface area contributed by atoms with Crippen LogP contribution in [0, 0.1) is 0 Å². The molecule has 1 atom stereocenters. The molecule has 0 spiro atoms. The van der Waals surface area contributed by atoms with Crippen molar-refractivity contribution >= 4 is 5.84 Å². The van der Waals surface area contributed by atoms with Crippen molar-refractivity contribution in [3.63, 3.8) is 0 Å². The fourth-order valence-corrected chi connectivity index (χ4v) is 2.52. The molecule has 19 heavy (non-hydrogen) atoms. The maximum Gasteiger partial charge on any atom is 0.119 e. The van der Waals surface area contributed by atoms with Crippen LogP contribution in [0.4, 0.5) is 0 Å². The molecule has 0 bridgehead atoms. The van der Waals surface area contributed by atoms with Crippen LogP contribution in [0.1, 0.15) is 11.1 Å². The second-order valence-electron chi connectivity index (χ2n) is 4.82. The largest absolute Gasteiger partial charge is 0.384 e. The molecule has 0 saturated carbocycles. The molecule has 1 aliphatic heterocycles. The summed E-state index contributed by atoms with van der Waals surface area (Å²) in [5, 5.41) is 0. The molecule has 2 N–H and O–H groups in total. The minimum Gasteiger partial charge on any atom is -0.384 e. The van der Waals surface area contributed by atoms with Crippen molar-refractivity contribution in [1.29, 1.82) is 0 Å². The van der Waals surface area contributed by atoms with Crippen LogP contribution < -0.4 is 5.73 Å². The van der Waals surface area contributed by atoms with E-state index in [2.05, 4.69) is 47.5 Å². The van der Waals surface area contributed by atoms with Gasteiger partial charge >= 0.3 is 0 Å². The minimum atomic E-state index is -0.354. The van der Waals surface area contributed by atoms with Crippen LogP contribution in [0.5, 0.6) is 0 Å². The number of rotatable bonds is 3. The van der Waals surface area contributed by atoms with Gasteiger partial charge in [-0.1, -0.05) is 60.7 Å². The molecule has 0 amide bonds. The first-order valence-corrected chi connectivity index (χ1v) is 6.43. The van der Waals surface area contributed by atoms with Gasteiger partial charge < -0.3 is 5.73 Å². The average Bonchev–Trinajstić information content (AvgIpc) is 2.83. The van der Waals surface area contributed by atoms with Crippen molar-refractivity contribution in [2.45, 2.75) is 12.0 Å². The first kappa shape index (κ1) is 11.7. The third-order valence-corrected chi connectivity index (χ3v) is 3.45. The van der Waals surface area contributed by atoms with Crippen LogP contribution in [0.2, 0.25) is 0 Å². The highest BCUT2D eigenvalue weighted by Gasteiger charge is 2.32. The van der Waals surface area contributed by atoms with Crippen molar-refractivity contribution < 1.29 is 0 Å². The van der Waals surface area contributed by atoms with E-state index in [0.717, 1.165) is 6.42 Å². The molecule has 0 fully saturated rings. The Balaban J connectivity index is 2.03. The first-order valence-electron chi connectivity index (χ1n) is 6.43. The van der Waals surface area contributed by atoms with Gasteiger partial charge in [-0.15, -0.1) is 0 Å². The SMILES string of the molecule is NC1=NC(Cc2ccccc2)(c2ccccc2)C=C1. The summed E-state index contributed by atoms with van der Waals surface area (Å²) in [4.78, 5) is 4.67. The Hall–Kier alpha value is -2.35. The van der Waals surface area contributed by atoms with E-state index in [1.165, 1.54) is 11.1 Å². The average molecular weight is 248 g/mol. The predicted octanol–water partition coefficient (Wildman–Crippen LogP) is 3.05. The molecular weight excluding hydrogens is 232 g/mol. The Morgan fingerprint density at radius 1 is 0.895 bits per heavy atom. The van der Waals surface area contributed by atoms with Crippen LogP contribution in [0.25, 0.3) is 0 Å². The summed E-state index contributed by atoms with van der Waals surface area (Å²) in [6.45, 7) is 0. The van der Waals surface area contributed by atoms with Gasteiger partial charge in [-0.05, 0) is 23.3 Å². The third-order valence-electron chi connectivity index (χ3n) is 3.45. The standard InChI is InChI=1S/C17H16N2/c18-16-11-12-17(19-16,15-9-5-2-6-10-15)13-14-7-3-1-4-8-14/h1-12H,13H2,(H2,18,19). The summed E-state index contributed by atoms with van der Waals surface area (Å²) < 4.78 is 0. The van der Waals surface area contributed by atoms with Crippen molar-refractivity contribution in [3.05, 3.63) is 83.9 Å². The summed E-state index contributed by atoms with van der Waals surface area (Å²) in [6, 6.07) is 20.7. The number of benzene rings is 2. The second-order valence-corrected chi connectivity index (χ2v) is 4.82. The number of hydrogen-bond acceptors (Lipinski definition) is 2. The summed E-state index contributed by atoms with van der Waals surface area (Å²) in [7, 11) is 0. The predicted molar refractivity (Wildman–Crippen MR) is 79.0 cm³/mol. The molecule has 0 aromatic heterocycles. The third kappa shape index (κ3) is 2.29. The van der Waals surface area contributed by atoms with Gasteiger partial charge in [0.1, 0.15) is 11.4 Å². The van der Waals surface area contributed by atoms with E-state index < -0.39 is 0 Å². The van der Waals surface area contributed by atoms with Crippen molar-refractivity contribution in [1.82, 2.24) is 0 Å². The van der Waals surface area contributed by atoms with E-state index in [0.29, 0.717) is 5.84 Å². The van der Waals surface area contributed by atoms with Gasteiger partial charge in [-0.3, -0.25) is 4.99 Å². The first-order chi connectivity index (χ1) is 9.28. The zero-order valence-corrected chi connectivity index (χ0v) is 10.7. The van der Waals surface area contributed by atoms with Crippen LogP contribution in [-0.4, -0.2) is 5.84 Å². The number of nitrogens with zero attached hydrogens (tertiary/aromatic N) is 1. The molecule has 0 aliphatic carbocycles. The quantitative estimate of drug-likeness (QED) is 0.890. The maximum atomic E-state index is 5.86. The van der Waals surface area contributed by atoms with Crippen LogP contribution in [0.3, 0.4) is 0 Å². The molecule has 2 aromatic rings. The Morgan fingerprint density at radius 3 is 2.11 bits per heavy atom. The van der Waals surface area contributed by atoms with Crippen molar-refractivity contribution in [3.8, 4) is 0 Å². The Kier molecular flexibility index (Phi) is 2.92. The topological polar surface area (TPSA) is 38.4 Å². The van der Waals surface area contributed by atoms with E-state index in [1.54, 1.807) is 0 Å². The Morgan fingerprint density at radius 2 is 1.53 bits per heavy atom. The molecule has 0 saturated heterocycles. The molecule has 2 aromatic carbocycles. The number of amidine groups is 1. The molecule has 1 aliphatic rings. The normalized spacial score (nSPS) is 21.4. The van der Waals surface area contributed by atoms with Crippen molar-refractivity contribution in [2.75, 3.05) is 0 Å². The van der Waals surface area contributed by atoms with Gasteiger partial charge in [0, 0.05) is 6.42 Å². The minimum absolute atomic E-state index is 0.354. The van der Waals surface area contributed by atoms with E-state index in [9.17, 15) is 0 Å². The van der Waals surface area contributed by atoms with E-state index in [1.807, 2.05) is 30.3 Å². The van der Waals surface area contributed by atoms with Crippen molar-refractivity contribution in [2.24, 2.45) is 10.7 Å². The summed E-state index contributed by atoms with van der Waals surface area (Å²) in [5.41, 5.74) is 7.95. The molecule has 0 radical (unpaired) electrons. The van der Waals surface area contributed by atoms with Crippen LogP contribution in [-0.2, 0) is 12.0 Å². The molecule has 1 heterocycles. The summed E-state index contributed by atoms with van der Waals surface area (Å²) in [5.74, 6) is 0.597. The number of nitrogens with two attached hydrogens (primary N) is 1. The zero-order chi connectivity index (χ0) is 13.1. The lowest BCUT2D eigenvalue weighted by Crippen LogP contribution is -2.23. The van der Waals surface area contributed by atoms with Gasteiger partial charge in [0.2, 0.25) is 0 Å². The Bertz CT molecular complexity index is 614. The molecule has 3 rings (SSSR count). The lowest BCUT2D eigenvalue weighted by Gasteiger charge is -2.25. The van der Waals surface area contributed by atoms with Crippen LogP contribution in [0.15, 0.2) is 77.8 Å². The number of aliphatic imine (C=N–C) groups is 1. The molecule has 1 unspecified atom stereocenters. The zero-order valence-electron chi connectivity index (χ0n) is 10.7. The second kappa shape index (κ2) is 4.73. The van der Waals surface area contributed by atoms with Gasteiger partial charge in [-0.25, -0.2) is 0 Å². The van der Waals surface area contributed by atoms with E-state index >= 15 is 0 Å². The molecule has 94 valence electrons. The fraction of sp³-hybridized carbons (Fsp3) is 0.118. The highest BCUT2D eigenvalue weighted by Crippen LogP contribution is 2.34. The van der Waals surface area contributed by atoms with Gasteiger partial charge in [0.05, 0.1) is 0 Å². The summed E-state index contributed by atoms with van der Waals surface area (Å²) >= 11 is 0. The van der Waals surface area contributed by atoms with Gasteiger partial charge in [-0.2, -0.15) is 0 Å². The number of hydrogen-bond donors (Lipinski definition) is 1. The van der Waals surface area contributed by atoms with E-state index in [-0.39, 0.29) is 5.54 Å². The van der Waals surface area contributed by atoms with Crippen LogP contribution >= 0.6 is 0 Å².